The van der Waals surface area contributed by atoms with Gasteiger partial charge in [0.1, 0.15) is 5.57 Å². The molecule has 1 saturated heterocycles. The Balaban J connectivity index is 1.87. The number of hydrogen-bond donors (Lipinski definition) is 0. The molecule has 6 nitrogen and oxygen atoms in total. The van der Waals surface area contributed by atoms with Crippen molar-refractivity contribution in [1.82, 2.24) is 9.38 Å². The molecule has 0 unspecified atom stereocenters. The van der Waals surface area contributed by atoms with Crippen LogP contribution >= 0.6 is 11.3 Å². The van der Waals surface area contributed by atoms with Gasteiger partial charge in [0, 0.05) is 31.0 Å². The van der Waals surface area contributed by atoms with Gasteiger partial charge in [-0.1, -0.05) is 29.8 Å². The molecule has 0 bridgehead atoms. The number of imidazole rings is 1. The summed E-state index contributed by atoms with van der Waals surface area (Å²) in [5.41, 5.74) is 3.21. The second-order valence-corrected chi connectivity index (χ2v) is 7.38. The number of hydrogen-bond acceptors (Lipinski definition) is 6. The Morgan fingerprint density at radius 2 is 1.77 bits per heavy atom. The molecule has 1 fully saturated rings. The summed E-state index contributed by atoms with van der Waals surface area (Å²) in [4.78, 5) is 30.0. The van der Waals surface area contributed by atoms with Crippen LogP contribution in [0.1, 0.15) is 25.1 Å². The zero-order chi connectivity index (χ0) is 18.5. The Labute approximate surface area is 153 Å². The Morgan fingerprint density at radius 1 is 1.12 bits per heavy atom. The van der Waals surface area contributed by atoms with Crippen LogP contribution in [0.5, 0.6) is 0 Å². The smallest absolute Gasteiger partial charge is 0.348 e. The Kier molecular flexibility index (Phi) is 3.69. The molecule has 1 aromatic carbocycles. The summed E-state index contributed by atoms with van der Waals surface area (Å²) in [5, 5.41) is 1.89. The van der Waals surface area contributed by atoms with Gasteiger partial charge < -0.3 is 9.47 Å². The van der Waals surface area contributed by atoms with Gasteiger partial charge >= 0.3 is 11.9 Å². The first kappa shape index (κ1) is 16.5. The van der Waals surface area contributed by atoms with Crippen molar-refractivity contribution in [2.24, 2.45) is 0 Å². The molecule has 0 amide bonds. The van der Waals surface area contributed by atoms with Gasteiger partial charge in [0.05, 0.1) is 11.4 Å². The lowest BCUT2D eigenvalue weighted by Crippen LogP contribution is -2.41. The monoisotopic (exact) mass is 368 g/mol. The van der Waals surface area contributed by atoms with Gasteiger partial charge in [-0.15, -0.1) is 11.3 Å². The first-order chi connectivity index (χ1) is 12.3. The van der Waals surface area contributed by atoms with Crippen LogP contribution in [-0.2, 0) is 19.1 Å². The third-order valence-electron chi connectivity index (χ3n) is 4.02. The molecule has 1 aliphatic rings. The number of benzene rings is 1. The van der Waals surface area contributed by atoms with E-state index in [4.69, 9.17) is 9.47 Å². The first-order valence-corrected chi connectivity index (χ1v) is 8.93. The van der Waals surface area contributed by atoms with Crippen LogP contribution in [-0.4, -0.2) is 27.1 Å². The van der Waals surface area contributed by atoms with E-state index in [-0.39, 0.29) is 5.57 Å². The lowest BCUT2D eigenvalue weighted by Gasteiger charge is -2.29. The summed E-state index contributed by atoms with van der Waals surface area (Å²) in [6.07, 6.45) is 3.34. The molecule has 26 heavy (non-hydrogen) atoms. The van der Waals surface area contributed by atoms with E-state index < -0.39 is 17.7 Å². The number of aromatic nitrogens is 2. The van der Waals surface area contributed by atoms with Crippen molar-refractivity contribution in [1.29, 1.82) is 0 Å². The molecule has 4 rings (SSSR count). The van der Waals surface area contributed by atoms with Crippen molar-refractivity contribution in [2.45, 2.75) is 26.6 Å². The number of carbonyl (C=O) groups is 2. The zero-order valence-electron chi connectivity index (χ0n) is 14.5. The predicted molar refractivity (Wildman–Crippen MR) is 97.5 cm³/mol. The molecule has 2 aromatic heterocycles. The number of rotatable bonds is 2. The van der Waals surface area contributed by atoms with E-state index in [1.54, 1.807) is 0 Å². The molecule has 7 heteroatoms. The second kappa shape index (κ2) is 5.81. The first-order valence-electron chi connectivity index (χ1n) is 8.05. The molecule has 0 radical (unpaired) electrons. The van der Waals surface area contributed by atoms with Crippen LogP contribution in [0.25, 0.3) is 22.3 Å². The molecule has 0 spiro atoms. The van der Waals surface area contributed by atoms with Crippen LogP contribution in [0.15, 0.2) is 41.4 Å². The standard InChI is InChI=1S/C19H16N2O4S/c1-11-4-6-12(7-5-11)15-14(21-8-9-26-18(21)20-15)10-13-16(22)24-19(2,3)25-17(13)23/h4-10H,1-3H3. The van der Waals surface area contributed by atoms with Crippen molar-refractivity contribution in [2.75, 3.05) is 0 Å². The molecule has 3 aromatic rings. The maximum atomic E-state index is 12.3. The maximum Gasteiger partial charge on any atom is 0.348 e. The minimum atomic E-state index is -1.26. The highest BCUT2D eigenvalue weighted by Gasteiger charge is 2.39. The van der Waals surface area contributed by atoms with Crippen molar-refractivity contribution < 1.29 is 19.1 Å². The van der Waals surface area contributed by atoms with Crippen molar-refractivity contribution >= 4 is 34.3 Å². The number of carbonyl (C=O) groups excluding carboxylic acids is 2. The topological polar surface area (TPSA) is 69.9 Å². The highest BCUT2D eigenvalue weighted by Crippen LogP contribution is 2.31. The van der Waals surface area contributed by atoms with Gasteiger partial charge in [-0.2, -0.15) is 0 Å². The average molecular weight is 368 g/mol. The third-order valence-corrected chi connectivity index (χ3v) is 4.78. The summed E-state index contributed by atoms with van der Waals surface area (Å²) in [6.45, 7) is 5.05. The van der Waals surface area contributed by atoms with E-state index in [9.17, 15) is 9.59 Å². The molecular weight excluding hydrogens is 352 g/mol. The molecular formula is C19H16N2O4S. The van der Waals surface area contributed by atoms with Crippen LogP contribution in [0.4, 0.5) is 0 Å². The predicted octanol–water partition coefficient (Wildman–Crippen LogP) is 3.59. The fraction of sp³-hybridized carbons (Fsp3) is 0.211. The second-order valence-electron chi connectivity index (χ2n) is 6.50. The lowest BCUT2D eigenvalue weighted by molar-refractivity contribution is -0.222. The Hall–Kier alpha value is -2.93. The van der Waals surface area contributed by atoms with E-state index in [0.29, 0.717) is 11.4 Å². The fourth-order valence-corrected chi connectivity index (χ4v) is 3.50. The summed E-state index contributed by atoms with van der Waals surface area (Å²) in [7, 11) is 0. The normalized spacial score (nSPS) is 16.5. The highest BCUT2D eigenvalue weighted by atomic mass is 32.1. The average Bonchev–Trinajstić information content (AvgIpc) is 3.12. The number of thiazole rings is 1. The van der Waals surface area contributed by atoms with E-state index in [2.05, 4.69) is 4.98 Å². The zero-order valence-corrected chi connectivity index (χ0v) is 15.3. The molecule has 0 atom stereocenters. The van der Waals surface area contributed by atoms with Crippen molar-refractivity contribution in [3.8, 4) is 11.3 Å². The van der Waals surface area contributed by atoms with E-state index in [1.165, 1.54) is 31.3 Å². The molecule has 1 aliphatic heterocycles. The molecule has 0 saturated carbocycles. The van der Waals surface area contributed by atoms with Gasteiger partial charge in [0.25, 0.3) is 5.79 Å². The van der Waals surface area contributed by atoms with Gasteiger partial charge in [-0.05, 0) is 13.0 Å². The van der Waals surface area contributed by atoms with Gasteiger partial charge in [0.15, 0.2) is 4.96 Å². The van der Waals surface area contributed by atoms with Crippen molar-refractivity contribution in [3.05, 3.63) is 52.7 Å². The maximum absolute atomic E-state index is 12.3. The number of fused-ring (bicyclic) bond motifs is 1. The number of nitrogens with zero attached hydrogens (tertiary/aromatic N) is 2. The van der Waals surface area contributed by atoms with Gasteiger partial charge in [-0.25, -0.2) is 14.6 Å². The van der Waals surface area contributed by atoms with Gasteiger partial charge in [0.2, 0.25) is 0 Å². The highest BCUT2D eigenvalue weighted by molar-refractivity contribution is 7.15. The molecule has 0 aliphatic carbocycles. The third kappa shape index (κ3) is 2.80. The number of ether oxygens (including phenoxy) is 2. The minimum Gasteiger partial charge on any atom is -0.419 e. The molecule has 0 N–H and O–H groups in total. The number of aryl methyl sites for hydroxylation is 1. The summed E-state index contributed by atoms with van der Waals surface area (Å²) < 4.78 is 12.2. The number of cyclic esters (lactones) is 2. The van der Waals surface area contributed by atoms with Gasteiger partial charge in [-0.3, -0.25) is 4.40 Å². The summed E-state index contributed by atoms with van der Waals surface area (Å²) in [6, 6.07) is 7.91. The quantitative estimate of drug-likeness (QED) is 0.393. The molecule has 3 heterocycles. The van der Waals surface area contributed by atoms with E-state index in [0.717, 1.165) is 16.1 Å². The van der Waals surface area contributed by atoms with Crippen LogP contribution < -0.4 is 0 Å². The van der Waals surface area contributed by atoms with Crippen LogP contribution in [0.2, 0.25) is 0 Å². The van der Waals surface area contributed by atoms with E-state index >= 15 is 0 Å². The SMILES string of the molecule is Cc1ccc(-c2nc3sccn3c2C=C2C(=O)OC(C)(C)OC2=O)cc1. The Morgan fingerprint density at radius 3 is 2.42 bits per heavy atom. The lowest BCUT2D eigenvalue weighted by atomic mass is 10.1. The Bertz CT molecular complexity index is 1040. The summed E-state index contributed by atoms with van der Waals surface area (Å²) in [5.74, 6) is -2.67. The molecule has 132 valence electrons. The van der Waals surface area contributed by atoms with Crippen LogP contribution in [0, 0.1) is 6.92 Å². The van der Waals surface area contributed by atoms with Crippen LogP contribution in [0.3, 0.4) is 0 Å². The van der Waals surface area contributed by atoms with E-state index in [1.807, 2.05) is 47.2 Å². The largest absolute Gasteiger partial charge is 0.419 e. The minimum absolute atomic E-state index is 0.148. The van der Waals surface area contributed by atoms with Crippen molar-refractivity contribution in [3.63, 3.8) is 0 Å². The number of esters is 2. The fourth-order valence-electron chi connectivity index (χ4n) is 2.78. The summed E-state index contributed by atoms with van der Waals surface area (Å²) >= 11 is 1.47.